The number of fused-ring (bicyclic) bond motifs is 1. The van der Waals surface area contributed by atoms with E-state index in [0.717, 1.165) is 17.8 Å². The van der Waals surface area contributed by atoms with E-state index in [4.69, 9.17) is 0 Å². The highest BCUT2D eigenvalue weighted by atomic mass is 15.0. The van der Waals surface area contributed by atoms with Crippen LogP contribution >= 0.6 is 0 Å². The first kappa shape index (κ1) is 10.8. The van der Waals surface area contributed by atoms with Crippen molar-refractivity contribution in [2.24, 2.45) is 0 Å². The number of nitrogens with zero attached hydrogens (tertiary/aromatic N) is 3. The summed E-state index contributed by atoms with van der Waals surface area (Å²) in [6, 6.07) is 4.33. The predicted molar refractivity (Wildman–Crippen MR) is 65.3 cm³/mol. The van der Waals surface area contributed by atoms with Crippen molar-refractivity contribution in [3.8, 4) is 0 Å². The van der Waals surface area contributed by atoms with Gasteiger partial charge in [0.25, 0.3) is 0 Å². The highest BCUT2D eigenvalue weighted by molar-refractivity contribution is 5.71. The topological polar surface area (TPSA) is 50.7 Å². The molecule has 84 valence electrons. The molecule has 0 fully saturated rings. The minimum absolute atomic E-state index is 0.437. The van der Waals surface area contributed by atoms with E-state index < -0.39 is 0 Å². The van der Waals surface area contributed by atoms with Crippen molar-refractivity contribution in [1.82, 2.24) is 15.0 Å². The van der Waals surface area contributed by atoms with E-state index in [9.17, 15) is 0 Å². The number of pyridine rings is 1. The summed E-state index contributed by atoms with van der Waals surface area (Å²) in [5.74, 6) is 0.869. The zero-order chi connectivity index (χ0) is 11.4. The molecule has 0 saturated carbocycles. The molecular formula is C12H16N4. The summed E-state index contributed by atoms with van der Waals surface area (Å²) >= 11 is 0. The van der Waals surface area contributed by atoms with Gasteiger partial charge in [0.1, 0.15) is 11.3 Å². The fourth-order valence-electron chi connectivity index (χ4n) is 1.69. The van der Waals surface area contributed by atoms with Gasteiger partial charge in [0.05, 0.1) is 0 Å². The van der Waals surface area contributed by atoms with Crippen LogP contribution in [-0.4, -0.2) is 21.0 Å². The first-order valence-electron chi connectivity index (χ1n) is 5.64. The summed E-state index contributed by atoms with van der Waals surface area (Å²) in [6.07, 6.45) is 5.65. The maximum Gasteiger partial charge on any atom is 0.180 e. The SMILES string of the molecule is CCCC(C)Nc1ccc2nccnc2n1. The molecule has 0 aliphatic rings. The van der Waals surface area contributed by atoms with E-state index >= 15 is 0 Å². The fraction of sp³-hybridized carbons (Fsp3) is 0.417. The van der Waals surface area contributed by atoms with E-state index in [0.29, 0.717) is 11.7 Å². The molecule has 1 N–H and O–H groups in total. The van der Waals surface area contributed by atoms with Crippen LogP contribution in [0.15, 0.2) is 24.5 Å². The first-order valence-corrected chi connectivity index (χ1v) is 5.64. The van der Waals surface area contributed by atoms with E-state index in [1.165, 1.54) is 6.42 Å². The Hall–Kier alpha value is -1.71. The molecule has 2 aromatic heterocycles. The van der Waals surface area contributed by atoms with Gasteiger partial charge < -0.3 is 5.32 Å². The molecule has 2 rings (SSSR count). The summed E-state index contributed by atoms with van der Waals surface area (Å²) in [5.41, 5.74) is 1.52. The summed E-state index contributed by atoms with van der Waals surface area (Å²) in [7, 11) is 0. The molecular weight excluding hydrogens is 200 g/mol. The molecule has 0 spiro atoms. The van der Waals surface area contributed by atoms with Crippen molar-refractivity contribution in [1.29, 1.82) is 0 Å². The molecule has 2 heterocycles. The van der Waals surface area contributed by atoms with Gasteiger partial charge in [-0.15, -0.1) is 0 Å². The second kappa shape index (κ2) is 4.88. The largest absolute Gasteiger partial charge is 0.368 e. The van der Waals surface area contributed by atoms with E-state index in [1.807, 2.05) is 12.1 Å². The molecule has 0 saturated heterocycles. The van der Waals surface area contributed by atoms with Gasteiger partial charge in [-0.25, -0.2) is 9.97 Å². The van der Waals surface area contributed by atoms with Gasteiger partial charge in [-0.1, -0.05) is 13.3 Å². The average Bonchev–Trinajstić information content (AvgIpc) is 2.29. The zero-order valence-corrected chi connectivity index (χ0v) is 9.64. The quantitative estimate of drug-likeness (QED) is 0.853. The first-order chi connectivity index (χ1) is 7.79. The van der Waals surface area contributed by atoms with Gasteiger partial charge >= 0.3 is 0 Å². The molecule has 16 heavy (non-hydrogen) atoms. The van der Waals surface area contributed by atoms with Crippen molar-refractivity contribution in [3.05, 3.63) is 24.5 Å². The van der Waals surface area contributed by atoms with Crippen LogP contribution in [0, 0.1) is 0 Å². The third kappa shape index (κ3) is 2.45. The summed E-state index contributed by atoms with van der Waals surface area (Å²) in [6.45, 7) is 4.34. The molecule has 4 heteroatoms. The Labute approximate surface area is 95.1 Å². The van der Waals surface area contributed by atoms with Crippen LogP contribution in [0.3, 0.4) is 0 Å². The summed E-state index contributed by atoms with van der Waals surface area (Å²) in [5, 5.41) is 3.36. The Bertz CT molecular complexity index is 469. The van der Waals surface area contributed by atoms with Crippen LogP contribution < -0.4 is 5.32 Å². The molecule has 1 atom stereocenters. The van der Waals surface area contributed by atoms with E-state index in [-0.39, 0.29) is 0 Å². The molecule has 0 aliphatic carbocycles. The third-order valence-electron chi connectivity index (χ3n) is 2.45. The highest BCUT2D eigenvalue weighted by Gasteiger charge is 2.03. The fourth-order valence-corrected chi connectivity index (χ4v) is 1.69. The lowest BCUT2D eigenvalue weighted by Crippen LogP contribution is -2.15. The molecule has 0 radical (unpaired) electrons. The number of rotatable bonds is 4. The third-order valence-corrected chi connectivity index (χ3v) is 2.45. The number of nitrogens with one attached hydrogen (secondary N) is 1. The van der Waals surface area contributed by atoms with Crippen molar-refractivity contribution >= 4 is 17.0 Å². The van der Waals surface area contributed by atoms with Crippen LogP contribution in [0.1, 0.15) is 26.7 Å². The zero-order valence-electron chi connectivity index (χ0n) is 9.64. The molecule has 1 unspecified atom stereocenters. The maximum atomic E-state index is 4.41. The van der Waals surface area contributed by atoms with Gasteiger partial charge in [0.2, 0.25) is 0 Å². The second-order valence-electron chi connectivity index (χ2n) is 3.93. The van der Waals surface area contributed by atoms with Crippen LogP contribution in [-0.2, 0) is 0 Å². The Kier molecular flexibility index (Phi) is 3.29. The lowest BCUT2D eigenvalue weighted by molar-refractivity contribution is 0.688. The summed E-state index contributed by atoms with van der Waals surface area (Å²) in [4.78, 5) is 12.8. The maximum absolute atomic E-state index is 4.41. The average molecular weight is 216 g/mol. The lowest BCUT2D eigenvalue weighted by atomic mass is 10.2. The Morgan fingerprint density at radius 3 is 2.88 bits per heavy atom. The van der Waals surface area contributed by atoms with Gasteiger partial charge in [-0.05, 0) is 25.5 Å². The standard InChI is InChI=1S/C12H16N4/c1-3-4-9(2)15-11-6-5-10-12(16-11)14-8-7-13-10/h5-9H,3-4H2,1-2H3,(H,14,15,16). The lowest BCUT2D eigenvalue weighted by Gasteiger charge is -2.13. The number of hydrogen-bond acceptors (Lipinski definition) is 4. The molecule has 0 aromatic carbocycles. The molecule has 4 nitrogen and oxygen atoms in total. The van der Waals surface area contributed by atoms with Gasteiger partial charge in [0, 0.05) is 18.4 Å². The number of hydrogen-bond donors (Lipinski definition) is 1. The van der Waals surface area contributed by atoms with E-state index in [1.54, 1.807) is 12.4 Å². The summed E-state index contributed by atoms with van der Waals surface area (Å²) < 4.78 is 0. The van der Waals surface area contributed by atoms with Crippen LogP contribution in [0.25, 0.3) is 11.2 Å². The Balaban J connectivity index is 2.19. The van der Waals surface area contributed by atoms with Crippen LogP contribution in [0.4, 0.5) is 5.82 Å². The Morgan fingerprint density at radius 2 is 2.06 bits per heavy atom. The normalized spacial score (nSPS) is 12.6. The van der Waals surface area contributed by atoms with E-state index in [2.05, 4.69) is 34.1 Å². The van der Waals surface area contributed by atoms with Gasteiger partial charge in [-0.3, -0.25) is 4.98 Å². The van der Waals surface area contributed by atoms with Crippen molar-refractivity contribution < 1.29 is 0 Å². The molecule has 0 bridgehead atoms. The Morgan fingerprint density at radius 1 is 1.25 bits per heavy atom. The monoisotopic (exact) mass is 216 g/mol. The van der Waals surface area contributed by atoms with Crippen molar-refractivity contribution in [2.45, 2.75) is 32.7 Å². The van der Waals surface area contributed by atoms with Gasteiger partial charge in [0.15, 0.2) is 5.65 Å². The highest BCUT2D eigenvalue weighted by Crippen LogP contribution is 2.12. The number of anilines is 1. The smallest absolute Gasteiger partial charge is 0.180 e. The minimum Gasteiger partial charge on any atom is -0.368 e. The van der Waals surface area contributed by atoms with Crippen LogP contribution in [0.2, 0.25) is 0 Å². The molecule has 0 amide bonds. The van der Waals surface area contributed by atoms with Crippen LogP contribution in [0.5, 0.6) is 0 Å². The molecule has 2 aromatic rings. The minimum atomic E-state index is 0.437. The number of aromatic nitrogens is 3. The van der Waals surface area contributed by atoms with Gasteiger partial charge in [-0.2, -0.15) is 0 Å². The second-order valence-corrected chi connectivity index (χ2v) is 3.93. The van der Waals surface area contributed by atoms with Crippen molar-refractivity contribution in [2.75, 3.05) is 5.32 Å². The van der Waals surface area contributed by atoms with Crippen molar-refractivity contribution in [3.63, 3.8) is 0 Å². The molecule has 0 aliphatic heterocycles. The predicted octanol–water partition coefficient (Wildman–Crippen LogP) is 2.63.